The van der Waals surface area contributed by atoms with Gasteiger partial charge in [0.05, 0.1) is 41.0 Å². The number of aromatic nitrogens is 2. The first kappa shape index (κ1) is 23.2. The summed E-state index contributed by atoms with van der Waals surface area (Å²) in [6.07, 6.45) is 0. The Labute approximate surface area is 195 Å². The summed E-state index contributed by atoms with van der Waals surface area (Å²) in [7, 11) is -3.70. The maximum atomic E-state index is 13.0. The van der Waals surface area contributed by atoms with E-state index in [9.17, 15) is 18.0 Å². The molecule has 1 aromatic heterocycles. The van der Waals surface area contributed by atoms with E-state index >= 15 is 0 Å². The Morgan fingerprint density at radius 2 is 1.79 bits per heavy atom. The third-order valence-corrected chi connectivity index (χ3v) is 7.72. The number of fused-ring (bicyclic) bond motifs is 1. The van der Waals surface area contributed by atoms with Gasteiger partial charge in [0.25, 0.3) is 0 Å². The van der Waals surface area contributed by atoms with E-state index < -0.39 is 16.0 Å². The van der Waals surface area contributed by atoms with Gasteiger partial charge in [-0.1, -0.05) is 6.07 Å². The summed E-state index contributed by atoms with van der Waals surface area (Å²) in [6, 6.07) is 11.1. The molecule has 0 aliphatic carbocycles. The monoisotopic (exact) mass is 489 g/mol. The lowest BCUT2D eigenvalue weighted by Gasteiger charge is -2.33. The van der Waals surface area contributed by atoms with Gasteiger partial charge in [0.15, 0.2) is 0 Å². The Kier molecular flexibility index (Phi) is 6.98. The molecule has 1 fully saturated rings. The van der Waals surface area contributed by atoms with E-state index in [0.717, 1.165) is 17.2 Å². The zero-order chi connectivity index (χ0) is 23.4. The number of hydrogen-bond donors (Lipinski definition) is 1. The van der Waals surface area contributed by atoms with Crippen molar-refractivity contribution >= 4 is 50.3 Å². The number of carbonyl (C=O) groups is 2. The molecule has 0 spiro atoms. The van der Waals surface area contributed by atoms with E-state index in [2.05, 4.69) is 14.1 Å². The zero-order valence-corrected chi connectivity index (χ0v) is 19.6. The number of piperazine rings is 1. The lowest BCUT2D eigenvalue weighted by Crippen LogP contribution is -2.50. The fourth-order valence-corrected chi connectivity index (χ4v) is 5.53. The van der Waals surface area contributed by atoms with Gasteiger partial charge < -0.3 is 10.1 Å². The van der Waals surface area contributed by atoms with Gasteiger partial charge in [-0.15, -0.1) is 0 Å². The number of rotatable bonds is 7. The largest absolute Gasteiger partial charge is 0.462 e. The van der Waals surface area contributed by atoms with Crippen molar-refractivity contribution in [3.05, 3.63) is 48.0 Å². The Balaban J connectivity index is 1.33. The van der Waals surface area contributed by atoms with Crippen LogP contribution in [0, 0.1) is 0 Å². The van der Waals surface area contributed by atoms with E-state index in [1.54, 1.807) is 13.0 Å². The van der Waals surface area contributed by atoms with Crippen LogP contribution in [0.2, 0.25) is 0 Å². The third-order valence-electron chi connectivity index (χ3n) is 5.26. The highest BCUT2D eigenvalue weighted by molar-refractivity contribution is 7.89. The van der Waals surface area contributed by atoms with Crippen LogP contribution in [0.3, 0.4) is 0 Å². The quantitative estimate of drug-likeness (QED) is 0.499. The van der Waals surface area contributed by atoms with E-state index in [0.29, 0.717) is 29.9 Å². The third kappa shape index (κ3) is 5.19. The van der Waals surface area contributed by atoms with Crippen LogP contribution >= 0.6 is 11.7 Å². The lowest BCUT2D eigenvalue weighted by molar-refractivity contribution is -0.117. The van der Waals surface area contributed by atoms with Crippen molar-refractivity contribution in [3.8, 4) is 0 Å². The average molecular weight is 490 g/mol. The molecule has 1 N–H and O–H groups in total. The average Bonchev–Trinajstić information content (AvgIpc) is 3.30. The van der Waals surface area contributed by atoms with Crippen LogP contribution in [-0.2, 0) is 19.6 Å². The summed E-state index contributed by atoms with van der Waals surface area (Å²) in [4.78, 5) is 26.3. The van der Waals surface area contributed by atoms with Gasteiger partial charge in [-0.2, -0.15) is 13.1 Å². The number of nitrogens with one attached hydrogen (secondary N) is 1. The van der Waals surface area contributed by atoms with Crippen molar-refractivity contribution in [2.45, 2.75) is 11.8 Å². The first-order chi connectivity index (χ1) is 15.9. The first-order valence-corrected chi connectivity index (χ1v) is 12.6. The number of sulfonamides is 1. The number of benzene rings is 2. The summed E-state index contributed by atoms with van der Waals surface area (Å²) in [5.41, 5.74) is 2.29. The summed E-state index contributed by atoms with van der Waals surface area (Å²) >= 11 is 1.09. The lowest BCUT2D eigenvalue weighted by atomic mass is 10.2. The van der Waals surface area contributed by atoms with Crippen molar-refractivity contribution < 1.29 is 22.7 Å². The maximum Gasteiger partial charge on any atom is 0.338 e. The number of carbonyl (C=O) groups excluding carboxylic acids is 2. The standard InChI is InChI=1S/C21H23N5O5S2/c1-2-31-21(28)15-6-8-16(9-7-15)33(29,30)26-12-10-25(11-13-26)14-19(27)22-17-4-3-5-18-20(17)24-32-23-18/h3-9H,2,10-14H2,1H3,(H,22,27). The molecule has 0 bridgehead atoms. The molecule has 33 heavy (non-hydrogen) atoms. The normalized spacial score (nSPS) is 15.4. The van der Waals surface area contributed by atoms with E-state index in [4.69, 9.17) is 4.74 Å². The Bertz CT molecular complexity index is 1250. The van der Waals surface area contributed by atoms with Crippen molar-refractivity contribution in [2.75, 3.05) is 44.6 Å². The van der Waals surface area contributed by atoms with Gasteiger partial charge in [-0.3, -0.25) is 9.69 Å². The van der Waals surface area contributed by atoms with Gasteiger partial charge in [0.2, 0.25) is 15.9 Å². The molecule has 0 saturated carbocycles. The molecular formula is C21H23N5O5S2. The molecule has 2 heterocycles. The molecular weight excluding hydrogens is 466 g/mol. The molecule has 2 aromatic carbocycles. The predicted molar refractivity (Wildman–Crippen MR) is 124 cm³/mol. The van der Waals surface area contributed by atoms with Crippen LogP contribution < -0.4 is 5.32 Å². The molecule has 0 radical (unpaired) electrons. The number of esters is 1. The smallest absolute Gasteiger partial charge is 0.338 e. The van der Waals surface area contributed by atoms with E-state index in [1.165, 1.54) is 28.6 Å². The van der Waals surface area contributed by atoms with Crippen LogP contribution in [0.5, 0.6) is 0 Å². The minimum absolute atomic E-state index is 0.117. The summed E-state index contributed by atoms with van der Waals surface area (Å²) < 4.78 is 40.6. The highest BCUT2D eigenvalue weighted by Gasteiger charge is 2.29. The molecule has 10 nitrogen and oxygen atoms in total. The molecule has 3 aromatic rings. The van der Waals surface area contributed by atoms with Crippen LogP contribution in [-0.4, -0.2) is 77.6 Å². The fraction of sp³-hybridized carbons (Fsp3) is 0.333. The van der Waals surface area contributed by atoms with Crippen molar-refractivity contribution in [1.29, 1.82) is 0 Å². The zero-order valence-electron chi connectivity index (χ0n) is 17.9. The molecule has 1 saturated heterocycles. The number of nitrogens with zero attached hydrogens (tertiary/aromatic N) is 4. The van der Waals surface area contributed by atoms with Crippen LogP contribution in [0.15, 0.2) is 47.4 Å². The minimum atomic E-state index is -3.70. The van der Waals surface area contributed by atoms with Crippen LogP contribution in [0.25, 0.3) is 11.0 Å². The second-order valence-electron chi connectivity index (χ2n) is 7.41. The summed E-state index contributed by atoms with van der Waals surface area (Å²) in [5, 5.41) is 2.86. The molecule has 4 rings (SSSR count). The molecule has 0 unspecified atom stereocenters. The van der Waals surface area contributed by atoms with Gasteiger partial charge in [-0.25, -0.2) is 13.2 Å². The molecule has 174 valence electrons. The molecule has 1 aliphatic heterocycles. The second kappa shape index (κ2) is 9.91. The Hall–Kier alpha value is -2.93. The predicted octanol–water partition coefficient (Wildman–Crippen LogP) is 1.81. The number of amides is 1. The minimum Gasteiger partial charge on any atom is -0.462 e. The van der Waals surface area contributed by atoms with Gasteiger partial charge >= 0.3 is 5.97 Å². The molecule has 12 heteroatoms. The van der Waals surface area contributed by atoms with Crippen molar-refractivity contribution in [1.82, 2.24) is 18.0 Å². The highest BCUT2D eigenvalue weighted by Crippen LogP contribution is 2.22. The number of ether oxygens (including phenoxy) is 1. The Morgan fingerprint density at radius 1 is 1.06 bits per heavy atom. The number of hydrogen-bond acceptors (Lipinski definition) is 9. The SMILES string of the molecule is CCOC(=O)c1ccc(S(=O)(=O)N2CCN(CC(=O)Nc3cccc4nsnc34)CC2)cc1. The highest BCUT2D eigenvalue weighted by atomic mass is 32.2. The van der Waals surface area contributed by atoms with Gasteiger partial charge in [0.1, 0.15) is 11.0 Å². The molecule has 1 amide bonds. The van der Waals surface area contributed by atoms with Crippen LogP contribution in [0.4, 0.5) is 5.69 Å². The topological polar surface area (TPSA) is 122 Å². The maximum absolute atomic E-state index is 13.0. The van der Waals surface area contributed by atoms with Crippen molar-refractivity contribution in [3.63, 3.8) is 0 Å². The molecule has 0 atom stereocenters. The fourth-order valence-electron chi connectivity index (χ4n) is 3.55. The van der Waals surface area contributed by atoms with Gasteiger partial charge in [-0.05, 0) is 43.3 Å². The van der Waals surface area contributed by atoms with Gasteiger partial charge in [0, 0.05) is 26.2 Å². The van der Waals surface area contributed by atoms with Crippen molar-refractivity contribution in [2.24, 2.45) is 0 Å². The number of anilines is 1. The van der Waals surface area contributed by atoms with Crippen LogP contribution in [0.1, 0.15) is 17.3 Å². The van der Waals surface area contributed by atoms with E-state index in [1.807, 2.05) is 17.0 Å². The van der Waals surface area contributed by atoms with E-state index in [-0.39, 0.29) is 37.0 Å². The second-order valence-corrected chi connectivity index (χ2v) is 9.88. The first-order valence-electron chi connectivity index (χ1n) is 10.4. The Morgan fingerprint density at radius 3 is 2.48 bits per heavy atom. The summed E-state index contributed by atoms with van der Waals surface area (Å²) in [6.45, 7) is 3.49. The summed E-state index contributed by atoms with van der Waals surface area (Å²) in [5.74, 6) is -0.683. The molecule has 1 aliphatic rings.